The summed E-state index contributed by atoms with van der Waals surface area (Å²) < 4.78 is 0. The molecule has 0 saturated carbocycles. The quantitative estimate of drug-likeness (QED) is 0.631. The van der Waals surface area contributed by atoms with Gasteiger partial charge in [-0.25, -0.2) is 0 Å². The molecule has 2 aromatic heterocycles. The van der Waals surface area contributed by atoms with Crippen LogP contribution in [0.2, 0.25) is 0 Å². The van der Waals surface area contributed by atoms with Crippen LogP contribution in [-0.2, 0) is 11.3 Å². The zero-order valence-electron chi connectivity index (χ0n) is 14.2. The van der Waals surface area contributed by atoms with Crippen LogP contribution in [0.4, 0.5) is 0 Å². The number of thiophene rings is 2. The summed E-state index contributed by atoms with van der Waals surface area (Å²) in [6, 6.07) is 18.3. The maximum Gasteiger partial charge on any atom is 0.234 e. The maximum absolute atomic E-state index is 12.7. The second kappa shape index (κ2) is 8.94. The molecule has 25 heavy (non-hydrogen) atoms. The van der Waals surface area contributed by atoms with Crippen molar-refractivity contribution in [2.45, 2.75) is 19.5 Å². The zero-order valence-corrected chi connectivity index (χ0v) is 15.9. The Labute approximate surface area is 156 Å². The van der Waals surface area contributed by atoms with E-state index in [2.05, 4.69) is 52.9 Å². The first-order chi connectivity index (χ1) is 12.3. The topological polar surface area (TPSA) is 32.3 Å². The van der Waals surface area contributed by atoms with Gasteiger partial charge in [-0.05, 0) is 35.0 Å². The summed E-state index contributed by atoms with van der Waals surface area (Å²) in [6.45, 7) is 4.16. The summed E-state index contributed by atoms with van der Waals surface area (Å²) >= 11 is 3.40. The first kappa shape index (κ1) is 17.9. The fourth-order valence-electron chi connectivity index (χ4n) is 2.73. The normalized spacial score (nSPS) is 12.2. The molecule has 0 radical (unpaired) electrons. The van der Waals surface area contributed by atoms with Gasteiger partial charge >= 0.3 is 0 Å². The summed E-state index contributed by atoms with van der Waals surface area (Å²) in [6.07, 6.45) is 0. The molecule has 0 bridgehead atoms. The highest BCUT2D eigenvalue weighted by atomic mass is 32.1. The maximum atomic E-state index is 12.7. The average molecular weight is 371 g/mol. The molecule has 1 atom stereocenters. The number of hydrogen-bond acceptors (Lipinski definition) is 4. The molecule has 130 valence electrons. The second-order valence-corrected chi connectivity index (χ2v) is 7.82. The lowest BCUT2D eigenvalue weighted by molar-refractivity contribution is -0.122. The molecule has 0 aliphatic heterocycles. The molecule has 0 aliphatic rings. The Hall–Kier alpha value is -1.95. The van der Waals surface area contributed by atoms with Crippen molar-refractivity contribution < 1.29 is 4.79 Å². The third-order valence-electron chi connectivity index (χ3n) is 4.04. The number of nitrogens with zero attached hydrogens (tertiary/aromatic N) is 1. The molecule has 0 fully saturated rings. The molecule has 5 heteroatoms. The van der Waals surface area contributed by atoms with Crippen molar-refractivity contribution in [3.8, 4) is 0 Å². The van der Waals surface area contributed by atoms with Crippen LogP contribution in [0.1, 0.15) is 28.3 Å². The first-order valence-electron chi connectivity index (χ1n) is 8.38. The van der Waals surface area contributed by atoms with Gasteiger partial charge in [-0.3, -0.25) is 9.69 Å². The molecular weight excluding hydrogens is 348 g/mol. The highest BCUT2D eigenvalue weighted by molar-refractivity contribution is 7.10. The molecule has 1 aromatic carbocycles. The smallest absolute Gasteiger partial charge is 0.234 e. The minimum Gasteiger partial charge on any atom is -0.343 e. The molecular formula is C20H22N2OS2. The summed E-state index contributed by atoms with van der Waals surface area (Å²) in [5.41, 5.74) is 1.11. The van der Waals surface area contributed by atoms with Crippen LogP contribution in [0.5, 0.6) is 0 Å². The largest absolute Gasteiger partial charge is 0.343 e. The fraction of sp³-hybridized carbons (Fsp3) is 0.250. The average Bonchev–Trinajstić information content (AvgIpc) is 3.34. The van der Waals surface area contributed by atoms with Gasteiger partial charge in [0.05, 0.1) is 12.6 Å². The van der Waals surface area contributed by atoms with E-state index in [0.717, 1.165) is 23.5 Å². The van der Waals surface area contributed by atoms with Crippen molar-refractivity contribution in [1.82, 2.24) is 10.2 Å². The van der Waals surface area contributed by atoms with Crippen LogP contribution in [0.15, 0.2) is 65.4 Å². The monoisotopic (exact) mass is 370 g/mol. The molecule has 0 unspecified atom stereocenters. The molecule has 1 N–H and O–H groups in total. The van der Waals surface area contributed by atoms with Gasteiger partial charge in [0.2, 0.25) is 5.91 Å². The Morgan fingerprint density at radius 2 is 1.80 bits per heavy atom. The van der Waals surface area contributed by atoms with Crippen LogP contribution < -0.4 is 5.32 Å². The lowest BCUT2D eigenvalue weighted by Crippen LogP contribution is -2.38. The first-order valence-corrected chi connectivity index (χ1v) is 10.1. The number of hydrogen-bond donors (Lipinski definition) is 1. The minimum atomic E-state index is -0.0888. The molecule has 0 aliphatic carbocycles. The number of likely N-dealkylation sites (N-methyl/N-ethyl adjacent to an activating group) is 1. The van der Waals surface area contributed by atoms with Gasteiger partial charge in [-0.1, -0.05) is 49.4 Å². The lowest BCUT2D eigenvalue weighted by atomic mass is 10.1. The lowest BCUT2D eigenvalue weighted by Gasteiger charge is -2.22. The highest BCUT2D eigenvalue weighted by Gasteiger charge is 2.19. The van der Waals surface area contributed by atoms with Crippen LogP contribution in [0, 0.1) is 0 Å². The van der Waals surface area contributed by atoms with Crippen molar-refractivity contribution in [3.63, 3.8) is 0 Å². The van der Waals surface area contributed by atoms with Gasteiger partial charge in [0.1, 0.15) is 0 Å². The number of carbonyl (C=O) groups excluding carboxylic acids is 1. The second-order valence-electron chi connectivity index (χ2n) is 5.81. The standard InChI is InChI=1S/C20H22N2OS2/c1-2-22(14-17-10-6-12-24-17)15-19(23)21-20(18-11-7-13-25-18)16-8-4-3-5-9-16/h3-13,20H,2,14-15H2,1H3,(H,21,23)/t20-/m1/s1. The van der Waals surface area contributed by atoms with Crippen LogP contribution in [0.3, 0.4) is 0 Å². The molecule has 3 aromatic rings. The van der Waals surface area contributed by atoms with Crippen molar-refractivity contribution in [3.05, 3.63) is 80.7 Å². The predicted molar refractivity (Wildman–Crippen MR) is 106 cm³/mol. The third kappa shape index (κ3) is 5.01. The van der Waals surface area contributed by atoms with E-state index in [0.29, 0.717) is 6.54 Å². The Kier molecular flexibility index (Phi) is 6.39. The van der Waals surface area contributed by atoms with E-state index >= 15 is 0 Å². The molecule has 1 amide bonds. The van der Waals surface area contributed by atoms with Gasteiger partial charge < -0.3 is 5.32 Å². The summed E-state index contributed by atoms with van der Waals surface area (Å²) in [7, 11) is 0. The van der Waals surface area contributed by atoms with Crippen molar-refractivity contribution in [2.24, 2.45) is 0 Å². The Morgan fingerprint density at radius 3 is 2.44 bits per heavy atom. The van der Waals surface area contributed by atoms with Crippen LogP contribution in [0.25, 0.3) is 0 Å². The minimum absolute atomic E-state index is 0.0562. The van der Waals surface area contributed by atoms with E-state index in [-0.39, 0.29) is 11.9 Å². The fourth-order valence-corrected chi connectivity index (χ4v) is 4.28. The van der Waals surface area contributed by atoms with E-state index in [4.69, 9.17) is 0 Å². The number of carbonyl (C=O) groups is 1. The van der Waals surface area contributed by atoms with E-state index < -0.39 is 0 Å². The van der Waals surface area contributed by atoms with E-state index in [1.54, 1.807) is 22.7 Å². The number of rotatable bonds is 8. The van der Waals surface area contributed by atoms with Crippen LogP contribution in [-0.4, -0.2) is 23.9 Å². The Balaban J connectivity index is 1.68. The molecule has 0 spiro atoms. The predicted octanol–water partition coefficient (Wildman–Crippen LogP) is 4.54. The van der Waals surface area contributed by atoms with Gasteiger partial charge in [0, 0.05) is 16.3 Å². The number of nitrogens with one attached hydrogen (secondary N) is 1. The molecule has 0 saturated heterocycles. The zero-order chi connectivity index (χ0) is 17.5. The highest BCUT2D eigenvalue weighted by Crippen LogP contribution is 2.25. The SMILES string of the molecule is CCN(CC(=O)N[C@H](c1ccccc1)c1cccs1)Cc1cccs1. The number of benzene rings is 1. The van der Waals surface area contributed by atoms with E-state index in [9.17, 15) is 4.79 Å². The Morgan fingerprint density at radius 1 is 1.04 bits per heavy atom. The third-order valence-corrected chi connectivity index (χ3v) is 5.84. The van der Waals surface area contributed by atoms with E-state index in [1.807, 2.05) is 29.6 Å². The Bertz CT molecular complexity index is 754. The van der Waals surface area contributed by atoms with Gasteiger partial charge in [0.25, 0.3) is 0 Å². The molecule has 3 rings (SSSR count). The summed E-state index contributed by atoms with van der Waals surface area (Å²) in [5, 5.41) is 7.34. The van der Waals surface area contributed by atoms with Crippen LogP contribution >= 0.6 is 22.7 Å². The summed E-state index contributed by atoms with van der Waals surface area (Å²) in [4.78, 5) is 17.3. The molecule has 2 heterocycles. The van der Waals surface area contributed by atoms with Crippen molar-refractivity contribution in [2.75, 3.05) is 13.1 Å². The van der Waals surface area contributed by atoms with Gasteiger partial charge in [-0.2, -0.15) is 0 Å². The van der Waals surface area contributed by atoms with Gasteiger partial charge in [-0.15, -0.1) is 22.7 Å². The molecule has 3 nitrogen and oxygen atoms in total. The van der Waals surface area contributed by atoms with Crippen molar-refractivity contribution >= 4 is 28.6 Å². The van der Waals surface area contributed by atoms with Gasteiger partial charge in [0.15, 0.2) is 0 Å². The van der Waals surface area contributed by atoms with E-state index in [1.165, 1.54) is 4.88 Å². The summed E-state index contributed by atoms with van der Waals surface area (Å²) in [5.74, 6) is 0.0562. The van der Waals surface area contributed by atoms with Crippen molar-refractivity contribution in [1.29, 1.82) is 0 Å². The number of amides is 1.